The van der Waals surface area contributed by atoms with E-state index in [2.05, 4.69) is 25.3 Å². The molecule has 0 amide bonds. The largest absolute Gasteiger partial charge is 0.328 e. The zero-order valence-corrected chi connectivity index (χ0v) is 10.3. The third-order valence-electron chi connectivity index (χ3n) is 3.41. The number of hydrogen-bond donors (Lipinski definition) is 1. The van der Waals surface area contributed by atoms with E-state index in [0.717, 1.165) is 12.5 Å². The van der Waals surface area contributed by atoms with E-state index in [1.54, 1.807) is 0 Å². The van der Waals surface area contributed by atoms with Gasteiger partial charge in [-0.2, -0.15) is 0 Å². The van der Waals surface area contributed by atoms with Gasteiger partial charge in [-0.1, -0.05) is 12.5 Å². The molecule has 0 spiro atoms. The molecule has 2 N–H and O–H groups in total. The zero-order chi connectivity index (χ0) is 11.3. The first-order valence-electron chi connectivity index (χ1n) is 6.24. The number of nitrogens with two attached hydrogens (primary N) is 1. The lowest BCUT2D eigenvalue weighted by molar-refractivity contribution is 0.175. The fourth-order valence-electron chi connectivity index (χ4n) is 2.49. The Hall–Kier alpha value is -0.340. The highest BCUT2D eigenvalue weighted by Crippen LogP contribution is 2.24. The average molecular weight is 210 g/mol. The van der Waals surface area contributed by atoms with E-state index < -0.39 is 0 Å². The number of rotatable bonds is 5. The van der Waals surface area contributed by atoms with Gasteiger partial charge in [0.1, 0.15) is 0 Å². The molecular weight excluding hydrogens is 184 g/mol. The zero-order valence-electron chi connectivity index (χ0n) is 10.3. The van der Waals surface area contributed by atoms with Crippen LogP contribution in [0.2, 0.25) is 0 Å². The topological polar surface area (TPSA) is 29.3 Å². The quantitative estimate of drug-likeness (QED) is 0.706. The SMILES string of the molecule is C=CCN(CC1CCCC(N)C1)C(C)C. The Morgan fingerprint density at radius 3 is 2.73 bits per heavy atom. The molecule has 0 bridgehead atoms. The highest BCUT2D eigenvalue weighted by molar-refractivity contribution is 4.81. The Kier molecular flexibility index (Phi) is 5.34. The molecule has 0 radical (unpaired) electrons. The van der Waals surface area contributed by atoms with Crippen LogP contribution in [0.5, 0.6) is 0 Å². The fraction of sp³-hybridized carbons (Fsp3) is 0.846. The molecular formula is C13H26N2. The number of nitrogens with zero attached hydrogens (tertiary/aromatic N) is 1. The molecule has 0 aromatic heterocycles. The summed E-state index contributed by atoms with van der Waals surface area (Å²) in [4.78, 5) is 2.50. The summed E-state index contributed by atoms with van der Waals surface area (Å²) in [6.07, 6.45) is 7.10. The van der Waals surface area contributed by atoms with Gasteiger partial charge in [-0.15, -0.1) is 6.58 Å². The van der Waals surface area contributed by atoms with Crippen LogP contribution in [-0.4, -0.2) is 30.1 Å². The minimum atomic E-state index is 0.446. The van der Waals surface area contributed by atoms with Crippen molar-refractivity contribution in [3.63, 3.8) is 0 Å². The molecule has 1 aliphatic rings. The molecule has 0 aromatic rings. The van der Waals surface area contributed by atoms with Crippen LogP contribution < -0.4 is 5.73 Å². The van der Waals surface area contributed by atoms with Crippen LogP contribution in [0.1, 0.15) is 39.5 Å². The lowest BCUT2D eigenvalue weighted by atomic mass is 9.85. The van der Waals surface area contributed by atoms with Gasteiger partial charge in [0.05, 0.1) is 0 Å². The summed E-state index contributed by atoms with van der Waals surface area (Å²) in [7, 11) is 0. The van der Waals surface area contributed by atoms with Crippen LogP contribution in [0.3, 0.4) is 0 Å². The van der Waals surface area contributed by atoms with Crippen LogP contribution in [0, 0.1) is 5.92 Å². The first-order chi connectivity index (χ1) is 7.13. The maximum atomic E-state index is 6.01. The van der Waals surface area contributed by atoms with Crippen molar-refractivity contribution in [3.8, 4) is 0 Å². The van der Waals surface area contributed by atoms with Crippen LogP contribution in [0.25, 0.3) is 0 Å². The lowest BCUT2D eigenvalue weighted by Gasteiger charge is -2.33. The van der Waals surface area contributed by atoms with E-state index >= 15 is 0 Å². The van der Waals surface area contributed by atoms with E-state index in [0.29, 0.717) is 12.1 Å². The average Bonchev–Trinajstić information content (AvgIpc) is 2.17. The number of hydrogen-bond acceptors (Lipinski definition) is 2. The Morgan fingerprint density at radius 1 is 1.47 bits per heavy atom. The van der Waals surface area contributed by atoms with Crippen molar-refractivity contribution >= 4 is 0 Å². The van der Waals surface area contributed by atoms with Crippen LogP contribution in [0.4, 0.5) is 0 Å². The molecule has 1 aliphatic carbocycles. The molecule has 0 aliphatic heterocycles. The highest BCUT2D eigenvalue weighted by Gasteiger charge is 2.21. The van der Waals surface area contributed by atoms with E-state index in [1.807, 2.05) is 6.08 Å². The van der Waals surface area contributed by atoms with Gasteiger partial charge >= 0.3 is 0 Å². The Labute approximate surface area is 94.5 Å². The summed E-state index contributed by atoms with van der Waals surface area (Å²) in [5, 5.41) is 0. The lowest BCUT2D eigenvalue weighted by Crippen LogP contribution is -2.39. The maximum Gasteiger partial charge on any atom is 0.0163 e. The predicted octanol–water partition coefficient (Wildman–Crippen LogP) is 2.40. The molecule has 0 heterocycles. The normalized spacial score (nSPS) is 27.3. The third-order valence-corrected chi connectivity index (χ3v) is 3.41. The van der Waals surface area contributed by atoms with Gasteiger partial charge in [0.25, 0.3) is 0 Å². The van der Waals surface area contributed by atoms with Gasteiger partial charge in [0.15, 0.2) is 0 Å². The summed E-state index contributed by atoms with van der Waals surface area (Å²) in [5.41, 5.74) is 6.01. The van der Waals surface area contributed by atoms with Crippen molar-refractivity contribution in [2.24, 2.45) is 11.7 Å². The molecule has 1 fully saturated rings. The molecule has 88 valence electrons. The summed E-state index contributed by atoms with van der Waals surface area (Å²) < 4.78 is 0. The Balaban J connectivity index is 2.39. The van der Waals surface area contributed by atoms with E-state index in [4.69, 9.17) is 5.73 Å². The summed E-state index contributed by atoms with van der Waals surface area (Å²) in [5.74, 6) is 0.802. The van der Waals surface area contributed by atoms with Crippen molar-refractivity contribution in [1.82, 2.24) is 4.90 Å². The van der Waals surface area contributed by atoms with Gasteiger partial charge in [0, 0.05) is 25.2 Å². The highest BCUT2D eigenvalue weighted by atomic mass is 15.1. The van der Waals surface area contributed by atoms with E-state index in [1.165, 1.54) is 32.2 Å². The fourth-order valence-corrected chi connectivity index (χ4v) is 2.49. The van der Waals surface area contributed by atoms with Crippen molar-refractivity contribution in [3.05, 3.63) is 12.7 Å². The molecule has 2 heteroatoms. The van der Waals surface area contributed by atoms with Crippen molar-refractivity contribution in [2.45, 2.75) is 51.6 Å². The molecule has 2 atom stereocenters. The smallest absolute Gasteiger partial charge is 0.0163 e. The Morgan fingerprint density at radius 2 is 2.20 bits per heavy atom. The van der Waals surface area contributed by atoms with Crippen molar-refractivity contribution in [1.29, 1.82) is 0 Å². The third kappa shape index (κ3) is 4.35. The predicted molar refractivity (Wildman–Crippen MR) is 66.8 cm³/mol. The summed E-state index contributed by atoms with van der Waals surface area (Å²) >= 11 is 0. The van der Waals surface area contributed by atoms with E-state index in [-0.39, 0.29) is 0 Å². The van der Waals surface area contributed by atoms with E-state index in [9.17, 15) is 0 Å². The molecule has 0 saturated heterocycles. The molecule has 0 aromatic carbocycles. The van der Waals surface area contributed by atoms with Crippen molar-refractivity contribution < 1.29 is 0 Å². The van der Waals surface area contributed by atoms with Gasteiger partial charge in [0.2, 0.25) is 0 Å². The second kappa shape index (κ2) is 6.29. The van der Waals surface area contributed by atoms with Crippen LogP contribution in [-0.2, 0) is 0 Å². The maximum absolute atomic E-state index is 6.01. The monoisotopic (exact) mass is 210 g/mol. The van der Waals surface area contributed by atoms with Crippen molar-refractivity contribution in [2.75, 3.05) is 13.1 Å². The van der Waals surface area contributed by atoms with Gasteiger partial charge in [-0.05, 0) is 39.0 Å². The summed E-state index contributed by atoms with van der Waals surface area (Å²) in [6, 6.07) is 1.06. The minimum absolute atomic E-state index is 0.446. The van der Waals surface area contributed by atoms with Crippen LogP contribution in [0.15, 0.2) is 12.7 Å². The molecule has 2 nitrogen and oxygen atoms in total. The van der Waals surface area contributed by atoms with Crippen LogP contribution >= 0.6 is 0 Å². The van der Waals surface area contributed by atoms with Gasteiger partial charge < -0.3 is 5.73 Å². The molecule has 15 heavy (non-hydrogen) atoms. The first kappa shape index (κ1) is 12.7. The summed E-state index contributed by atoms with van der Waals surface area (Å²) in [6.45, 7) is 10.5. The minimum Gasteiger partial charge on any atom is -0.328 e. The Bertz CT molecular complexity index is 189. The molecule has 2 unspecified atom stereocenters. The molecule has 1 rings (SSSR count). The second-order valence-corrected chi connectivity index (χ2v) is 5.13. The van der Waals surface area contributed by atoms with Gasteiger partial charge in [-0.3, -0.25) is 4.90 Å². The van der Waals surface area contributed by atoms with Gasteiger partial charge in [-0.25, -0.2) is 0 Å². The first-order valence-corrected chi connectivity index (χ1v) is 6.24. The second-order valence-electron chi connectivity index (χ2n) is 5.13. The standard InChI is InChI=1S/C13H26N2/c1-4-8-15(11(2)3)10-12-6-5-7-13(14)9-12/h4,11-13H,1,5-10,14H2,2-3H3. The molecule has 1 saturated carbocycles.